The highest BCUT2D eigenvalue weighted by Crippen LogP contribution is 2.23. The second-order valence-corrected chi connectivity index (χ2v) is 5.05. The zero-order valence-corrected chi connectivity index (χ0v) is 11.3. The maximum atomic E-state index is 11.4. The second kappa shape index (κ2) is 6.83. The molecule has 0 aliphatic carbocycles. The lowest BCUT2D eigenvalue weighted by Gasteiger charge is -2.28. The zero-order chi connectivity index (χ0) is 14.4. The van der Waals surface area contributed by atoms with Crippen LogP contribution in [-0.4, -0.2) is 46.7 Å². The van der Waals surface area contributed by atoms with E-state index in [1.165, 1.54) is 49.8 Å². The molecule has 1 aromatic rings. The van der Waals surface area contributed by atoms with E-state index in [1.54, 1.807) is 0 Å². The summed E-state index contributed by atoms with van der Waals surface area (Å²) in [6.45, 7) is 6.55. The fourth-order valence-corrected chi connectivity index (χ4v) is 2.12. The molecule has 0 bridgehead atoms. The van der Waals surface area contributed by atoms with Crippen molar-refractivity contribution in [1.29, 1.82) is 0 Å². The van der Waals surface area contributed by atoms with Crippen molar-refractivity contribution in [3.8, 4) is 0 Å². The van der Waals surface area contributed by atoms with Crippen LogP contribution in [0.3, 0.4) is 0 Å². The van der Waals surface area contributed by atoms with Crippen LogP contribution >= 0.6 is 0 Å². The average Bonchev–Trinajstić information content (AvgIpc) is 2.97. The molecule has 0 spiro atoms. The first kappa shape index (κ1) is 15.9. The van der Waals surface area contributed by atoms with Gasteiger partial charge in [0, 0.05) is 12.8 Å². The molecular weight excluding hydrogens is 259 g/mol. The van der Waals surface area contributed by atoms with Gasteiger partial charge in [0.2, 0.25) is 0 Å². The highest BCUT2D eigenvalue weighted by atomic mass is 19.4. The molecule has 8 heteroatoms. The first-order valence-electron chi connectivity index (χ1n) is 6.47. The van der Waals surface area contributed by atoms with Crippen LogP contribution in [0.25, 0.3) is 0 Å². The van der Waals surface area contributed by atoms with Crippen LogP contribution in [0.15, 0.2) is 0 Å². The first-order chi connectivity index (χ1) is 8.87. The summed E-state index contributed by atoms with van der Waals surface area (Å²) in [6, 6.07) is 0. The summed E-state index contributed by atoms with van der Waals surface area (Å²) in [5, 5.41) is 10.5. The molecule has 1 fully saturated rings. The molecule has 19 heavy (non-hydrogen) atoms. The maximum absolute atomic E-state index is 11.4. The lowest BCUT2D eigenvalue weighted by atomic mass is 10.3. The zero-order valence-electron chi connectivity index (χ0n) is 11.3. The lowest BCUT2D eigenvalue weighted by molar-refractivity contribution is -0.897. The second-order valence-electron chi connectivity index (χ2n) is 5.05. The number of rotatable bonds is 3. The standard InChI is InChI=1S/C9H20N.C2F3N4/c1-3-4-7-10(2)8-5-6-9-10;3-2(4,5)1-6-8-9-7-1/h3-9H2,1-2H3;/q+1;-1. The fourth-order valence-electron chi connectivity index (χ4n) is 2.12. The number of aromatic nitrogens is 4. The van der Waals surface area contributed by atoms with Crippen LogP contribution in [0.1, 0.15) is 38.4 Å². The van der Waals surface area contributed by atoms with E-state index in [0.29, 0.717) is 0 Å². The number of hydrogen-bond acceptors (Lipinski definition) is 3. The average molecular weight is 279 g/mol. The van der Waals surface area contributed by atoms with Crippen LogP contribution in [0.4, 0.5) is 13.2 Å². The molecule has 0 N–H and O–H groups in total. The lowest BCUT2D eigenvalue weighted by Crippen LogP contribution is -2.41. The number of alkyl halides is 3. The molecule has 0 amide bonds. The maximum Gasteiger partial charge on any atom is 0.423 e. The molecule has 5 nitrogen and oxygen atoms in total. The van der Waals surface area contributed by atoms with E-state index in [1.807, 2.05) is 0 Å². The van der Waals surface area contributed by atoms with E-state index in [9.17, 15) is 13.2 Å². The molecule has 0 radical (unpaired) electrons. The van der Waals surface area contributed by atoms with Gasteiger partial charge < -0.3 is 9.58 Å². The summed E-state index contributed by atoms with van der Waals surface area (Å²) in [4.78, 5) is 0. The fraction of sp³-hybridized carbons (Fsp3) is 0.909. The van der Waals surface area contributed by atoms with E-state index in [2.05, 4.69) is 34.6 Å². The first-order valence-corrected chi connectivity index (χ1v) is 6.47. The Morgan fingerprint density at radius 3 is 2.26 bits per heavy atom. The van der Waals surface area contributed by atoms with Crippen molar-refractivity contribution in [2.45, 2.75) is 38.8 Å². The summed E-state index contributed by atoms with van der Waals surface area (Å²) in [7, 11) is 2.41. The van der Waals surface area contributed by atoms with Gasteiger partial charge >= 0.3 is 6.18 Å². The van der Waals surface area contributed by atoms with Gasteiger partial charge in [0.15, 0.2) is 0 Å². The molecule has 0 aromatic carbocycles. The SMILES string of the molecule is CCCC[N+]1(C)CCCC1.FC(F)(F)c1nnn[n-]1. The van der Waals surface area contributed by atoms with Gasteiger partial charge in [-0.25, -0.2) is 0 Å². The predicted molar refractivity (Wildman–Crippen MR) is 63.1 cm³/mol. The Hall–Kier alpha value is -1.18. The summed E-state index contributed by atoms with van der Waals surface area (Å²) < 4.78 is 35.6. The van der Waals surface area contributed by atoms with Gasteiger partial charge in [-0.15, -0.1) is 0 Å². The Balaban J connectivity index is 0.000000191. The quantitative estimate of drug-likeness (QED) is 0.793. The number of halogens is 3. The molecule has 0 atom stereocenters. The molecule has 1 aliphatic heterocycles. The van der Waals surface area contributed by atoms with Crippen molar-refractivity contribution >= 4 is 0 Å². The number of hydrogen-bond donors (Lipinski definition) is 0. The molecule has 1 saturated heterocycles. The van der Waals surface area contributed by atoms with Gasteiger partial charge in [0.25, 0.3) is 0 Å². The van der Waals surface area contributed by atoms with E-state index in [-0.39, 0.29) is 0 Å². The molecule has 2 rings (SSSR count). The van der Waals surface area contributed by atoms with E-state index in [4.69, 9.17) is 0 Å². The van der Waals surface area contributed by atoms with Crippen molar-refractivity contribution in [3.63, 3.8) is 0 Å². The van der Waals surface area contributed by atoms with Gasteiger partial charge in [0.05, 0.1) is 26.7 Å². The van der Waals surface area contributed by atoms with Crippen molar-refractivity contribution < 1.29 is 17.7 Å². The van der Waals surface area contributed by atoms with Crippen molar-refractivity contribution in [2.75, 3.05) is 26.7 Å². The topological polar surface area (TPSA) is 52.8 Å². The van der Waals surface area contributed by atoms with Gasteiger partial charge in [-0.05, 0) is 6.42 Å². The Morgan fingerprint density at radius 1 is 1.26 bits per heavy atom. The number of tetrazole rings is 1. The Bertz CT molecular complexity index is 344. The minimum Gasteiger partial charge on any atom is -0.327 e. The van der Waals surface area contributed by atoms with Crippen molar-refractivity contribution in [3.05, 3.63) is 5.82 Å². The summed E-state index contributed by atoms with van der Waals surface area (Å²) in [6.07, 6.45) is 1.16. The molecule has 0 saturated carbocycles. The Kier molecular flexibility index (Phi) is 5.71. The van der Waals surface area contributed by atoms with Crippen LogP contribution in [0.2, 0.25) is 0 Å². The van der Waals surface area contributed by atoms with Crippen LogP contribution < -0.4 is 5.10 Å². The van der Waals surface area contributed by atoms with Crippen LogP contribution in [0, 0.1) is 0 Å². The highest BCUT2D eigenvalue weighted by molar-refractivity contribution is 4.81. The minimum absolute atomic E-state index is 1.30. The Labute approximate surface area is 110 Å². The van der Waals surface area contributed by atoms with E-state index < -0.39 is 12.0 Å². The van der Waals surface area contributed by atoms with Crippen molar-refractivity contribution in [1.82, 2.24) is 20.6 Å². The largest absolute Gasteiger partial charge is 0.423 e. The van der Waals surface area contributed by atoms with Crippen molar-refractivity contribution in [2.24, 2.45) is 0 Å². The normalized spacial score (nSPS) is 17.9. The van der Waals surface area contributed by atoms with Gasteiger partial charge in [-0.3, -0.25) is 10.3 Å². The summed E-state index contributed by atoms with van der Waals surface area (Å²) in [5.41, 5.74) is 0. The number of nitrogens with zero attached hydrogens (tertiary/aromatic N) is 5. The third-order valence-electron chi connectivity index (χ3n) is 3.27. The van der Waals surface area contributed by atoms with Crippen LogP contribution in [0.5, 0.6) is 0 Å². The number of quaternary nitrogens is 1. The third-order valence-corrected chi connectivity index (χ3v) is 3.27. The smallest absolute Gasteiger partial charge is 0.327 e. The van der Waals surface area contributed by atoms with Crippen LogP contribution in [-0.2, 0) is 6.18 Å². The molecular formula is C11H20F3N5. The van der Waals surface area contributed by atoms with E-state index >= 15 is 0 Å². The molecule has 2 heterocycles. The number of unbranched alkanes of at least 4 members (excludes halogenated alkanes) is 1. The monoisotopic (exact) mass is 279 g/mol. The van der Waals surface area contributed by atoms with Gasteiger partial charge in [-0.2, -0.15) is 18.4 Å². The summed E-state index contributed by atoms with van der Waals surface area (Å²) >= 11 is 0. The molecule has 1 aromatic heterocycles. The summed E-state index contributed by atoms with van der Waals surface area (Å²) in [5.74, 6) is -1.30. The number of likely N-dealkylation sites (tertiary alicyclic amines) is 1. The van der Waals surface area contributed by atoms with E-state index in [0.717, 1.165) is 0 Å². The van der Waals surface area contributed by atoms with Gasteiger partial charge in [-0.1, -0.05) is 13.3 Å². The van der Waals surface area contributed by atoms with Gasteiger partial charge in [0.1, 0.15) is 5.82 Å². The highest BCUT2D eigenvalue weighted by Gasteiger charge is 2.29. The third kappa shape index (κ3) is 5.54. The molecule has 110 valence electrons. The molecule has 0 unspecified atom stereocenters. The minimum atomic E-state index is -4.52. The Morgan fingerprint density at radius 2 is 1.89 bits per heavy atom. The predicted octanol–water partition coefficient (Wildman–Crippen LogP) is 1.87. The molecule has 1 aliphatic rings.